The number of hydrogen-bond acceptors (Lipinski definition) is 3. The monoisotopic (exact) mass is 223 g/mol. The van der Waals surface area contributed by atoms with E-state index in [1.807, 2.05) is 25.1 Å². The molecule has 4 nitrogen and oxygen atoms in total. The molecule has 0 saturated carbocycles. The number of benzene rings is 1. The van der Waals surface area contributed by atoms with E-state index in [0.717, 1.165) is 0 Å². The topological polar surface area (TPSA) is 58.6 Å². The predicted octanol–water partition coefficient (Wildman–Crippen LogP) is 1.52. The third kappa shape index (κ3) is 3.24. The Bertz CT molecular complexity index is 339. The molecule has 0 aliphatic rings. The second-order valence-corrected chi connectivity index (χ2v) is 3.77. The Kier molecular flexibility index (Phi) is 4.31. The Hall–Kier alpha value is -1.55. The number of para-hydroxylation sites is 1. The van der Waals surface area contributed by atoms with Crippen LogP contribution < -0.4 is 10.1 Å². The van der Waals surface area contributed by atoms with Gasteiger partial charge >= 0.3 is 5.97 Å². The van der Waals surface area contributed by atoms with Crippen LogP contribution >= 0.6 is 0 Å². The van der Waals surface area contributed by atoms with E-state index in [1.165, 1.54) is 0 Å². The molecule has 1 atom stereocenters. The highest BCUT2D eigenvalue weighted by molar-refractivity contribution is 5.78. The lowest BCUT2D eigenvalue weighted by molar-refractivity contribution is -0.145. The van der Waals surface area contributed by atoms with Gasteiger partial charge in [-0.2, -0.15) is 0 Å². The summed E-state index contributed by atoms with van der Waals surface area (Å²) < 4.78 is 5.44. The molecule has 1 rings (SSSR count). The molecule has 0 heterocycles. The molecule has 16 heavy (non-hydrogen) atoms. The SMILES string of the molecule is CCNC(C)(COc1ccccc1)C(=O)O. The van der Waals surface area contributed by atoms with E-state index in [2.05, 4.69) is 5.32 Å². The predicted molar refractivity (Wildman–Crippen MR) is 61.7 cm³/mol. The molecule has 2 N–H and O–H groups in total. The summed E-state index contributed by atoms with van der Waals surface area (Å²) in [6, 6.07) is 9.18. The standard InChI is InChI=1S/C12H17NO3/c1-3-13-12(2,11(14)15)9-16-10-7-5-4-6-8-10/h4-8,13H,3,9H2,1-2H3,(H,14,15). The van der Waals surface area contributed by atoms with E-state index in [4.69, 9.17) is 9.84 Å². The first-order valence-corrected chi connectivity index (χ1v) is 5.25. The third-order valence-electron chi connectivity index (χ3n) is 2.31. The van der Waals surface area contributed by atoms with Crippen LogP contribution in [0.1, 0.15) is 13.8 Å². The first-order valence-electron chi connectivity index (χ1n) is 5.25. The summed E-state index contributed by atoms with van der Waals surface area (Å²) in [5.74, 6) is -0.238. The van der Waals surface area contributed by atoms with Crippen molar-refractivity contribution in [2.75, 3.05) is 13.2 Å². The van der Waals surface area contributed by atoms with Crippen LogP contribution in [-0.4, -0.2) is 29.8 Å². The Balaban J connectivity index is 2.60. The van der Waals surface area contributed by atoms with Gasteiger partial charge in [-0.1, -0.05) is 25.1 Å². The molecule has 0 aromatic heterocycles. The molecule has 88 valence electrons. The van der Waals surface area contributed by atoms with Crippen molar-refractivity contribution in [3.05, 3.63) is 30.3 Å². The minimum absolute atomic E-state index is 0.0974. The molecule has 4 heteroatoms. The smallest absolute Gasteiger partial charge is 0.327 e. The van der Waals surface area contributed by atoms with Crippen LogP contribution in [0.15, 0.2) is 30.3 Å². The highest BCUT2D eigenvalue weighted by atomic mass is 16.5. The average molecular weight is 223 g/mol. The zero-order valence-electron chi connectivity index (χ0n) is 9.56. The maximum absolute atomic E-state index is 11.1. The number of carboxylic acids is 1. The van der Waals surface area contributed by atoms with Gasteiger partial charge in [0.25, 0.3) is 0 Å². The van der Waals surface area contributed by atoms with Gasteiger partial charge in [0.2, 0.25) is 0 Å². The fraction of sp³-hybridized carbons (Fsp3) is 0.417. The number of carboxylic acid groups (broad SMARTS) is 1. The van der Waals surface area contributed by atoms with Crippen LogP contribution in [0.5, 0.6) is 5.75 Å². The van der Waals surface area contributed by atoms with Gasteiger partial charge in [0.15, 0.2) is 0 Å². The molecule has 0 aliphatic heterocycles. The van der Waals surface area contributed by atoms with E-state index in [-0.39, 0.29) is 6.61 Å². The van der Waals surface area contributed by atoms with Crippen LogP contribution in [0.3, 0.4) is 0 Å². The van der Waals surface area contributed by atoms with Gasteiger partial charge in [0.05, 0.1) is 0 Å². The summed E-state index contributed by atoms with van der Waals surface area (Å²) in [5.41, 5.74) is -1.05. The van der Waals surface area contributed by atoms with Crippen LogP contribution in [0.2, 0.25) is 0 Å². The molecule has 0 aliphatic carbocycles. The summed E-state index contributed by atoms with van der Waals surface area (Å²) in [6.45, 7) is 4.16. The zero-order valence-corrected chi connectivity index (χ0v) is 9.56. The molecule has 1 aromatic rings. The minimum Gasteiger partial charge on any atom is -0.491 e. The molecular weight excluding hydrogens is 206 g/mol. The van der Waals surface area contributed by atoms with Gasteiger partial charge in [0.1, 0.15) is 17.9 Å². The molecular formula is C12H17NO3. The van der Waals surface area contributed by atoms with E-state index in [0.29, 0.717) is 12.3 Å². The van der Waals surface area contributed by atoms with E-state index >= 15 is 0 Å². The number of aliphatic carboxylic acids is 1. The number of nitrogens with one attached hydrogen (secondary N) is 1. The third-order valence-corrected chi connectivity index (χ3v) is 2.31. The first kappa shape index (κ1) is 12.5. The highest BCUT2D eigenvalue weighted by Gasteiger charge is 2.33. The van der Waals surface area contributed by atoms with Crippen molar-refractivity contribution in [2.24, 2.45) is 0 Å². The van der Waals surface area contributed by atoms with Gasteiger partial charge in [-0.15, -0.1) is 0 Å². The Morgan fingerprint density at radius 3 is 2.56 bits per heavy atom. The Morgan fingerprint density at radius 1 is 1.44 bits per heavy atom. The van der Waals surface area contributed by atoms with Gasteiger partial charge in [-0.25, -0.2) is 0 Å². The lowest BCUT2D eigenvalue weighted by Crippen LogP contribution is -2.53. The second kappa shape index (κ2) is 5.51. The largest absolute Gasteiger partial charge is 0.491 e. The molecule has 1 unspecified atom stereocenters. The van der Waals surface area contributed by atoms with Crippen molar-refractivity contribution in [3.63, 3.8) is 0 Å². The van der Waals surface area contributed by atoms with Crippen LogP contribution in [0.4, 0.5) is 0 Å². The second-order valence-electron chi connectivity index (χ2n) is 3.77. The van der Waals surface area contributed by atoms with E-state index in [9.17, 15) is 4.79 Å². The Morgan fingerprint density at radius 2 is 2.06 bits per heavy atom. The van der Waals surface area contributed by atoms with Gasteiger partial charge < -0.3 is 9.84 Å². The van der Waals surface area contributed by atoms with Crippen LogP contribution in [0, 0.1) is 0 Å². The zero-order chi connectivity index (χ0) is 12.0. The van der Waals surface area contributed by atoms with Gasteiger partial charge in [-0.05, 0) is 25.6 Å². The van der Waals surface area contributed by atoms with Gasteiger partial charge in [-0.3, -0.25) is 10.1 Å². The summed E-state index contributed by atoms with van der Waals surface area (Å²) in [6.07, 6.45) is 0. The summed E-state index contributed by atoms with van der Waals surface area (Å²) >= 11 is 0. The Labute approximate surface area is 95.2 Å². The van der Waals surface area contributed by atoms with Crippen molar-refractivity contribution in [1.82, 2.24) is 5.32 Å². The molecule has 0 radical (unpaired) electrons. The van der Waals surface area contributed by atoms with Crippen molar-refractivity contribution in [2.45, 2.75) is 19.4 Å². The summed E-state index contributed by atoms with van der Waals surface area (Å²) in [4.78, 5) is 11.1. The first-order chi connectivity index (χ1) is 7.58. The number of ether oxygens (including phenoxy) is 1. The summed E-state index contributed by atoms with van der Waals surface area (Å²) in [5, 5.41) is 12.0. The van der Waals surface area contributed by atoms with E-state index < -0.39 is 11.5 Å². The quantitative estimate of drug-likeness (QED) is 0.767. The fourth-order valence-electron chi connectivity index (χ4n) is 1.32. The summed E-state index contributed by atoms with van der Waals surface area (Å²) in [7, 11) is 0. The highest BCUT2D eigenvalue weighted by Crippen LogP contribution is 2.12. The molecule has 0 spiro atoms. The van der Waals surface area contributed by atoms with E-state index in [1.54, 1.807) is 19.1 Å². The number of carbonyl (C=O) groups is 1. The molecule has 0 bridgehead atoms. The van der Waals surface area contributed by atoms with Crippen LogP contribution in [0.25, 0.3) is 0 Å². The van der Waals surface area contributed by atoms with Crippen LogP contribution in [-0.2, 0) is 4.79 Å². The van der Waals surface area contributed by atoms with Crippen molar-refractivity contribution in [1.29, 1.82) is 0 Å². The normalized spacial score (nSPS) is 14.1. The molecule has 0 fully saturated rings. The lowest BCUT2D eigenvalue weighted by Gasteiger charge is -2.25. The van der Waals surface area contributed by atoms with Crippen molar-refractivity contribution < 1.29 is 14.6 Å². The maximum atomic E-state index is 11.1. The molecule has 0 saturated heterocycles. The van der Waals surface area contributed by atoms with Crippen molar-refractivity contribution >= 4 is 5.97 Å². The van der Waals surface area contributed by atoms with Gasteiger partial charge in [0, 0.05) is 0 Å². The molecule has 0 amide bonds. The maximum Gasteiger partial charge on any atom is 0.327 e. The number of rotatable bonds is 6. The molecule has 1 aromatic carbocycles. The minimum atomic E-state index is -1.05. The fourth-order valence-corrected chi connectivity index (χ4v) is 1.32. The van der Waals surface area contributed by atoms with Crippen molar-refractivity contribution in [3.8, 4) is 5.75 Å². The number of likely N-dealkylation sites (N-methyl/N-ethyl adjacent to an activating group) is 1. The average Bonchev–Trinajstić information content (AvgIpc) is 2.28. The lowest BCUT2D eigenvalue weighted by atomic mass is 10.0. The number of hydrogen-bond donors (Lipinski definition) is 2.